The van der Waals surface area contributed by atoms with Gasteiger partial charge in [0.15, 0.2) is 0 Å². The molecule has 0 aliphatic rings. The van der Waals surface area contributed by atoms with E-state index in [4.69, 9.17) is 16.0 Å². The molecule has 3 N–H and O–H groups in total. The van der Waals surface area contributed by atoms with E-state index in [9.17, 15) is 18.3 Å². The van der Waals surface area contributed by atoms with Crippen LogP contribution in [0.15, 0.2) is 63.9 Å². The Morgan fingerprint density at radius 1 is 1.16 bits per heavy atom. The zero-order valence-corrected chi connectivity index (χ0v) is 19.3. The first-order valence-electron chi connectivity index (χ1n) is 10.1. The molecule has 0 saturated heterocycles. The molecule has 0 radical (unpaired) electrons. The largest absolute Gasteiger partial charge is 0.478 e. The third-order valence-electron chi connectivity index (χ3n) is 4.93. The highest BCUT2D eigenvalue weighted by Gasteiger charge is 2.24. The van der Waals surface area contributed by atoms with E-state index in [1.54, 1.807) is 19.1 Å². The minimum Gasteiger partial charge on any atom is -0.478 e. The summed E-state index contributed by atoms with van der Waals surface area (Å²) in [5.41, 5.74) is 1.07. The predicted octanol–water partition coefficient (Wildman–Crippen LogP) is 5.37. The van der Waals surface area contributed by atoms with Gasteiger partial charge in [-0.1, -0.05) is 55.3 Å². The Morgan fingerprint density at radius 2 is 1.88 bits per heavy atom. The highest BCUT2D eigenvalue weighted by molar-refractivity contribution is 7.89. The maximum Gasteiger partial charge on any atom is 0.337 e. The van der Waals surface area contributed by atoms with Crippen molar-refractivity contribution in [2.24, 2.45) is 0 Å². The maximum atomic E-state index is 12.8. The fraction of sp³-hybridized carbons (Fsp3) is 0.261. The zero-order valence-electron chi connectivity index (χ0n) is 17.8. The Kier molecular flexibility index (Phi) is 7.60. The van der Waals surface area contributed by atoms with Crippen LogP contribution in [0, 0.1) is 6.92 Å². The lowest BCUT2D eigenvalue weighted by Crippen LogP contribution is -2.24. The van der Waals surface area contributed by atoms with Crippen LogP contribution in [-0.4, -0.2) is 19.5 Å². The predicted molar refractivity (Wildman–Crippen MR) is 124 cm³/mol. The molecule has 0 spiro atoms. The van der Waals surface area contributed by atoms with Crippen LogP contribution in [0.25, 0.3) is 0 Å². The first-order valence-corrected chi connectivity index (χ1v) is 12.0. The molecule has 0 fully saturated rings. The molecular formula is C23H25ClN2O5S. The van der Waals surface area contributed by atoms with E-state index < -0.39 is 16.0 Å². The molecule has 1 aromatic heterocycles. The highest BCUT2D eigenvalue weighted by atomic mass is 35.5. The molecule has 7 nitrogen and oxygen atoms in total. The molecule has 1 atom stereocenters. The lowest BCUT2D eigenvalue weighted by molar-refractivity contribution is 0.0697. The quantitative estimate of drug-likeness (QED) is 0.363. The monoisotopic (exact) mass is 476 g/mol. The van der Waals surface area contributed by atoms with Crippen LogP contribution in [0.1, 0.15) is 53.2 Å². The number of carboxylic acid groups (broad SMARTS) is 1. The SMILES string of the molecule is CCCC(Nc1cc(Cl)c(S(=O)(=O)NCc2ccc(C)o2)cc1C(=O)O)c1ccccc1. The minimum absolute atomic E-state index is 0.0797. The summed E-state index contributed by atoms with van der Waals surface area (Å²) in [5.74, 6) is -0.171. The number of hydrogen-bond donors (Lipinski definition) is 3. The average molecular weight is 477 g/mol. The van der Waals surface area contributed by atoms with E-state index in [-0.39, 0.29) is 33.8 Å². The number of aromatic carboxylic acids is 1. The first-order chi connectivity index (χ1) is 15.2. The van der Waals surface area contributed by atoms with Crippen LogP contribution in [0.4, 0.5) is 5.69 Å². The summed E-state index contributed by atoms with van der Waals surface area (Å²) >= 11 is 6.31. The Hall–Kier alpha value is -2.81. The number of benzene rings is 2. The molecule has 0 bridgehead atoms. The molecule has 0 saturated carbocycles. The minimum atomic E-state index is -4.08. The number of carbonyl (C=O) groups is 1. The van der Waals surface area contributed by atoms with E-state index in [1.807, 2.05) is 37.3 Å². The Bertz CT molecular complexity index is 1190. The first kappa shape index (κ1) is 23.8. The van der Waals surface area contributed by atoms with Crippen molar-refractivity contribution in [3.63, 3.8) is 0 Å². The van der Waals surface area contributed by atoms with Gasteiger partial charge in [-0.2, -0.15) is 0 Å². The molecule has 170 valence electrons. The molecule has 0 aliphatic heterocycles. The lowest BCUT2D eigenvalue weighted by atomic mass is 10.0. The topological polar surface area (TPSA) is 109 Å². The number of nitrogens with one attached hydrogen (secondary N) is 2. The van der Waals surface area contributed by atoms with Gasteiger partial charge in [-0.15, -0.1) is 0 Å². The van der Waals surface area contributed by atoms with Crippen molar-refractivity contribution in [2.75, 3.05) is 5.32 Å². The molecule has 9 heteroatoms. The Morgan fingerprint density at radius 3 is 2.47 bits per heavy atom. The summed E-state index contributed by atoms with van der Waals surface area (Å²) in [4.78, 5) is 11.6. The second kappa shape index (κ2) is 10.2. The summed E-state index contributed by atoms with van der Waals surface area (Å²) in [6.45, 7) is 3.70. The van der Waals surface area contributed by atoms with Crippen molar-refractivity contribution >= 4 is 33.3 Å². The standard InChI is InChI=1S/C23H25ClN2O5S/c1-3-7-20(16-8-5-4-6-9-16)26-21-13-19(24)22(12-18(21)23(27)28)32(29,30)25-14-17-11-10-15(2)31-17/h4-6,8-13,20,25-26H,3,7,14H2,1-2H3,(H,27,28). The van der Waals surface area contributed by atoms with Crippen molar-refractivity contribution in [3.05, 3.63) is 82.3 Å². The van der Waals surface area contributed by atoms with E-state index in [0.717, 1.165) is 24.5 Å². The van der Waals surface area contributed by atoms with Gasteiger partial charge in [0, 0.05) is 0 Å². The number of halogens is 1. The van der Waals surface area contributed by atoms with Gasteiger partial charge in [-0.25, -0.2) is 17.9 Å². The molecule has 3 aromatic rings. The summed E-state index contributed by atoms with van der Waals surface area (Å²) in [7, 11) is -4.08. The average Bonchev–Trinajstić information content (AvgIpc) is 3.17. The number of aryl methyl sites for hydroxylation is 1. The van der Waals surface area contributed by atoms with Gasteiger partial charge in [0.1, 0.15) is 16.4 Å². The molecule has 0 amide bonds. The molecule has 2 aromatic carbocycles. The number of sulfonamides is 1. The normalized spacial score (nSPS) is 12.5. The number of hydrogen-bond acceptors (Lipinski definition) is 5. The van der Waals surface area contributed by atoms with Gasteiger partial charge in [0.2, 0.25) is 10.0 Å². The van der Waals surface area contributed by atoms with Gasteiger partial charge >= 0.3 is 5.97 Å². The van der Waals surface area contributed by atoms with Gasteiger partial charge in [-0.3, -0.25) is 0 Å². The number of furan rings is 1. The molecular weight excluding hydrogens is 452 g/mol. The van der Waals surface area contributed by atoms with Gasteiger partial charge in [0.05, 0.1) is 28.9 Å². The van der Waals surface area contributed by atoms with Crippen LogP contribution in [0.2, 0.25) is 5.02 Å². The van der Waals surface area contributed by atoms with Crippen LogP contribution in [0.5, 0.6) is 0 Å². The third-order valence-corrected chi connectivity index (χ3v) is 6.80. The summed E-state index contributed by atoms with van der Waals surface area (Å²) in [6.07, 6.45) is 1.62. The van der Waals surface area contributed by atoms with E-state index in [2.05, 4.69) is 10.0 Å². The highest BCUT2D eigenvalue weighted by Crippen LogP contribution is 2.32. The Labute approximate surface area is 192 Å². The molecule has 32 heavy (non-hydrogen) atoms. The Balaban J connectivity index is 1.92. The number of carboxylic acids is 1. The van der Waals surface area contributed by atoms with Crippen LogP contribution >= 0.6 is 11.6 Å². The van der Waals surface area contributed by atoms with E-state index in [0.29, 0.717) is 11.5 Å². The second-order valence-corrected chi connectivity index (χ2v) is 9.51. The molecule has 1 heterocycles. The maximum absolute atomic E-state index is 12.8. The van der Waals surface area contributed by atoms with Gasteiger partial charge in [-0.05, 0) is 43.2 Å². The molecule has 0 aliphatic carbocycles. The number of rotatable bonds is 10. The summed E-state index contributed by atoms with van der Waals surface area (Å²) in [6, 6.07) is 15.3. The second-order valence-electron chi connectivity index (χ2n) is 7.37. The zero-order chi connectivity index (χ0) is 23.3. The summed E-state index contributed by atoms with van der Waals surface area (Å²) in [5, 5.41) is 12.9. The van der Waals surface area contributed by atoms with Crippen molar-refractivity contribution in [3.8, 4) is 0 Å². The van der Waals surface area contributed by atoms with Crippen LogP contribution < -0.4 is 10.0 Å². The van der Waals surface area contributed by atoms with Crippen molar-refractivity contribution in [1.82, 2.24) is 4.72 Å². The summed E-state index contributed by atoms with van der Waals surface area (Å²) < 4.78 is 33.4. The van der Waals surface area contributed by atoms with E-state index in [1.165, 1.54) is 6.07 Å². The van der Waals surface area contributed by atoms with Crippen molar-refractivity contribution < 1.29 is 22.7 Å². The van der Waals surface area contributed by atoms with Gasteiger partial charge in [0.25, 0.3) is 0 Å². The fourth-order valence-electron chi connectivity index (χ4n) is 3.36. The van der Waals surface area contributed by atoms with E-state index >= 15 is 0 Å². The lowest BCUT2D eigenvalue weighted by Gasteiger charge is -2.22. The molecule has 1 unspecified atom stereocenters. The van der Waals surface area contributed by atoms with Crippen LogP contribution in [-0.2, 0) is 16.6 Å². The number of anilines is 1. The van der Waals surface area contributed by atoms with Gasteiger partial charge < -0.3 is 14.8 Å². The van der Waals surface area contributed by atoms with Crippen molar-refractivity contribution in [1.29, 1.82) is 0 Å². The fourth-order valence-corrected chi connectivity index (χ4v) is 4.91. The van der Waals surface area contributed by atoms with Crippen molar-refractivity contribution in [2.45, 2.75) is 44.2 Å². The van der Waals surface area contributed by atoms with Crippen LogP contribution in [0.3, 0.4) is 0 Å². The molecule has 3 rings (SSSR count). The third kappa shape index (κ3) is 5.70. The smallest absolute Gasteiger partial charge is 0.337 e.